The van der Waals surface area contributed by atoms with Gasteiger partial charge in [0.25, 0.3) is 5.56 Å². The normalized spacial score (nSPS) is 14.3. The van der Waals surface area contributed by atoms with Gasteiger partial charge in [0.1, 0.15) is 6.54 Å². The average Bonchev–Trinajstić information content (AvgIpc) is 2.62. The second-order valence-corrected chi connectivity index (χ2v) is 7.48. The number of nitrogens with one attached hydrogen (secondary N) is 1. The summed E-state index contributed by atoms with van der Waals surface area (Å²) in [6, 6.07) is 3.79. The van der Waals surface area contributed by atoms with Crippen molar-refractivity contribution >= 4 is 11.5 Å². The van der Waals surface area contributed by atoms with Crippen LogP contribution in [-0.4, -0.2) is 32.8 Å². The van der Waals surface area contributed by atoms with Crippen molar-refractivity contribution in [2.45, 2.75) is 34.1 Å². The summed E-state index contributed by atoms with van der Waals surface area (Å²) in [5, 5.41) is 4.10. The Balaban J connectivity index is 1.98. The molecule has 28 heavy (non-hydrogen) atoms. The lowest BCUT2D eigenvalue weighted by Crippen LogP contribution is -2.31. The van der Waals surface area contributed by atoms with E-state index in [1.807, 2.05) is 45.9 Å². The van der Waals surface area contributed by atoms with E-state index >= 15 is 0 Å². The highest BCUT2D eigenvalue weighted by Gasteiger charge is 2.19. The van der Waals surface area contributed by atoms with Gasteiger partial charge in [-0.25, -0.2) is 9.48 Å². The number of H-pyrrole nitrogens is 1. The van der Waals surface area contributed by atoms with Crippen LogP contribution in [-0.2, 0) is 18.3 Å². The van der Waals surface area contributed by atoms with Gasteiger partial charge in [0.05, 0.1) is 0 Å². The van der Waals surface area contributed by atoms with E-state index < -0.39 is 11.2 Å². The number of hydrogen-bond donors (Lipinski definition) is 1. The molecule has 0 amide bonds. The first-order valence-corrected chi connectivity index (χ1v) is 9.23. The Kier molecular flexibility index (Phi) is 5.27. The molecule has 2 heterocycles. The highest BCUT2D eigenvalue weighted by atomic mass is 16.2. The van der Waals surface area contributed by atoms with E-state index in [0.717, 1.165) is 32.7 Å². The van der Waals surface area contributed by atoms with Gasteiger partial charge in [-0.15, -0.1) is 0 Å². The number of ketones is 1. The van der Waals surface area contributed by atoms with Crippen LogP contribution in [0.1, 0.15) is 30.5 Å². The number of allylic oxidation sites excluding steroid dienone is 1. The number of carbonyl (C=O) groups is 1. The molecule has 146 valence electrons. The largest absolute Gasteiger partial charge is 0.344 e. The van der Waals surface area contributed by atoms with Crippen molar-refractivity contribution in [3.8, 4) is 11.3 Å². The van der Waals surface area contributed by atoms with Gasteiger partial charge < -0.3 is 0 Å². The smallest absolute Gasteiger partial charge is 0.292 e. The van der Waals surface area contributed by atoms with Crippen LogP contribution >= 0.6 is 0 Å². The zero-order valence-corrected chi connectivity index (χ0v) is 16.8. The number of aromatic amines is 1. The maximum Gasteiger partial charge on any atom is 0.344 e. The van der Waals surface area contributed by atoms with Gasteiger partial charge in [-0.2, -0.15) is 5.10 Å². The molecule has 1 aromatic carbocycles. The van der Waals surface area contributed by atoms with Gasteiger partial charge in [-0.1, -0.05) is 13.8 Å². The third-order valence-electron chi connectivity index (χ3n) is 5.00. The molecule has 1 N–H and O–H groups in total. The minimum atomic E-state index is -0.545. The fourth-order valence-electron chi connectivity index (χ4n) is 3.42. The lowest BCUT2D eigenvalue weighted by Gasteiger charge is -2.17. The van der Waals surface area contributed by atoms with Gasteiger partial charge >= 0.3 is 5.69 Å². The quantitative estimate of drug-likeness (QED) is 0.876. The highest BCUT2D eigenvalue weighted by molar-refractivity contribution is 6.10. The number of dihydropyridines is 1. The third kappa shape index (κ3) is 3.78. The molecule has 2 aromatic rings. The molecule has 0 radical (unpaired) electrons. The third-order valence-corrected chi connectivity index (χ3v) is 5.00. The minimum absolute atomic E-state index is 0.0857. The molecule has 7 heteroatoms. The van der Waals surface area contributed by atoms with Crippen LogP contribution in [0.5, 0.6) is 0 Å². The first-order chi connectivity index (χ1) is 13.2. The van der Waals surface area contributed by atoms with Crippen LogP contribution in [0.15, 0.2) is 38.4 Å². The maximum absolute atomic E-state index is 12.2. The Morgan fingerprint density at radius 3 is 2.39 bits per heavy atom. The first kappa shape index (κ1) is 19.7. The number of hydrogen-bond acceptors (Lipinski definition) is 5. The second kappa shape index (κ2) is 7.50. The molecule has 0 saturated carbocycles. The molecule has 3 rings (SSSR count). The summed E-state index contributed by atoms with van der Waals surface area (Å²) in [5.41, 5.74) is 4.65. The summed E-state index contributed by atoms with van der Waals surface area (Å²) in [7, 11) is 1.50. The molecule has 0 spiro atoms. The standard InChI is InChI=1S/C21H24N4O3/c1-11(2)16-8-15(22-10-18(16)26)9-17-12(3)6-14(7-13(17)4)19-20(27)23-21(28)25(5)24-19/h6-8,11H,9-10H2,1-5H3,(H,23,27,28). The summed E-state index contributed by atoms with van der Waals surface area (Å²) in [5.74, 6) is 0.257. The summed E-state index contributed by atoms with van der Waals surface area (Å²) in [6.45, 7) is 8.17. The average molecular weight is 380 g/mol. The lowest BCUT2D eigenvalue weighted by atomic mass is 9.90. The highest BCUT2D eigenvalue weighted by Crippen LogP contribution is 2.24. The molecular formula is C21H24N4O3. The van der Waals surface area contributed by atoms with Crippen LogP contribution in [0.25, 0.3) is 11.3 Å². The van der Waals surface area contributed by atoms with Crippen LogP contribution in [0.2, 0.25) is 0 Å². The predicted molar refractivity (Wildman–Crippen MR) is 109 cm³/mol. The van der Waals surface area contributed by atoms with E-state index in [2.05, 4.69) is 15.1 Å². The van der Waals surface area contributed by atoms with Crippen LogP contribution in [0.3, 0.4) is 0 Å². The van der Waals surface area contributed by atoms with Gasteiger partial charge in [-0.3, -0.25) is 19.6 Å². The molecule has 0 unspecified atom stereocenters. The number of benzene rings is 1. The summed E-state index contributed by atoms with van der Waals surface area (Å²) in [6.07, 6.45) is 2.53. The van der Waals surface area contributed by atoms with Gasteiger partial charge in [0, 0.05) is 30.3 Å². The van der Waals surface area contributed by atoms with Crippen molar-refractivity contribution in [3.63, 3.8) is 0 Å². The van der Waals surface area contributed by atoms with E-state index in [-0.39, 0.29) is 23.9 Å². The molecule has 0 atom stereocenters. The van der Waals surface area contributed by atoms with Crippen molar-refractivity contribution in [2.75, 3.05) is 6.54 Å². The molecule has 1 aromatic heterocycles. The lowest BCUT2D eigenvalue weighted by molar-refractivity contribution is -0.114. The number of carbonyl (C=O) groups excluding carboxylic acids is 1. The monoisotopic (exact) mass is 380 g/mol. The minimum Gasteiger partial charge on any atom is -0.292 e. The van der Waals surface area contributed by atoms with E-state index in [4.69, 9.17) is 0 Å². The van der Waals surface area contributed by atoms with Crippen molar-refractivity contribution in [3.05, 3.63) is 61.3 Å². The fraction of sp³-hybridized carbons (Fsp3) is 0.381. The van der Waals surface area contributed by atoms with Gasteiger partial charge in [-0.05, 0) is 54.7 Å². The second-order valence-electron chi connectivity index (χ2n) is 7.48. The first-order valence-electron chi connectivity index (χ1n) is 9.23. The maximum atomic E-state index is 12.2. The fourth-order valence-corrected chi connectivity index (χ4v) is 3.42. The molecule has 0 aliphatic carbocycles. The van der Waals surface area contributed by atoms with Crippen molar-refractivity contribution in [1.82, 2.24) is 14.8 Å². The number of aliphatic imine (C=N–C) groups is 1. The van der Waals surface area contributed by atoms with E-state index in [1.54, 1.807) is 0 Å². The zero-order valence-electron chi connectivity index (χ0n) is 16.8. The molecule has 0 bridgehead atoms. The number of rotatable bonds is 4. The molecular weight excluding hydrogens is 356 g/mol. The molecule has 7 nitrogen and oxygen atoms in total. The number of nitrogens with zero attached hydrogens (tertiary/aromatic N) is 3. The van der Waals surface area contributed by atoms with Crippen LogP contribution in [0.4, 0.5) is 0 Å². The Bertz CT molecular complexity index is 1110. The van der Waals surface area contributed by atoms with Crippen LogP contribution in [0, 0.1) is 19.8 Å². The molecule has 0 saturated heterocycles. The van der Waals surface area contributed by atoms with E-state index in [0.29, 0.717) is 12.0 Å². The topological polar surface area (TPSA) is 97.2 Å². The van der Waals surface area contributed by atoms with E-state index in [1.165, 1.54) is 7.05 Å². The zero-order chi connectivity index (χ0) is 20.6. The van der Waals surface area contributed by atoms with Crippen molar-refractivity contribution in [1.29, 1.82) is 0 Å². The van der Waals surface area contributed by atoms with Gasteiger partial charge in [0.15, 0.2) is 11.5 Å². The SMILES string of the molecule is Cc1cc(-c2nn(C)c(=O)[nH]c2=O)cc(C)c1CC1=NCC(=O)C(C(C)C)=C1. The molecule has 1 aliphatic heterocycles. The summed E-state index contributed by atoms with van der Waals surface area (Å²) < 4.78 is 1.11. The van der Waals surface area contributed by atoms with E-state index in [9.17, 15) is 14.4 Å². The van der Waals surface area contributed by atoms with Crippen molar-refractivity contribution in [2.24, 2.45) is 18.0 Å². The van der Waals surface area contributed by atoms with Crippen molar-refractivity contribution < 1.29 is 4.79 Å². The van der Waals surface area contributed by atoms with Crippen LogP contribution < -0.4 is 11.2 Å². The molecule has 1 aliphatic rings. The van der Waals surface area contributed by atoms with Gasteiger partial charge in [0.2, 0.25) is 0 Å². The Morgan fingerprint density at radius 2 is 1.79 bits per heavy atom. The number of aryl methyl sites for hydroxylation is 3. The number of aromatic nitrogens is 3. The summed E-state index contributed by atoms with van der Waals surface area (Å²) in [4.78, 5) is 42.4. The Labute approximate surface area is 162 Å². The number of Topliss-reactive ketones (excluding diaryl/α,β-unsaturated/α-hetero) is 1. The molecule has 0 fully saturated rings. The Hall–Kier alpha value is -3.09. The summed E-state index contributed by atoms with van der Waals surface area (Å²) >= 11 is 0. The Morgan fingerprint density at radius 1 is 1.14 bits per heavy atom. The predicted octanol–water partition coefficient (Wildman–Crippen LogP) is 1.90.